The van der Waals surface area contributed by atoms with Crippen molar-refractivity contribution in [1.29, 1.82) is 0 Å². The van der Waals surface area contributed by atoms with Crippen molar-refractivity contribution in [1.82, 2.24) is 4.98 Å². The van der Waals surface area contributed by atoms with Crippen LogP contribution in [0.15, 0.2) is 47.4 Å². The van der Waals surface area contributed by atoms with Crippen LogP contribution in [0.5, 0.6) is 0 Å². The second-order valence-corrected chi connectivity index (χ2v) is 7.15. The lowest BCUT2D eigenvalue weighted by Crippen LogP contribution is -2.24. The van der Waals surface area contributed by atoms with Gasteiger partial charge in [0.2, 0.25) is 0 Å². The topological polar surface area (TPSA) is 59.1 Å². The number of pyridine rings is 1. The Balaban J connectivity index is 1.96. The van der Waals surface area contributed by atoms with E-state index in [1.54, 1.807) is 18.2 Å². The first kappa shape index (κ1) is 13.4. The number of fused-ring (bicyclic) bond motifs is 1. The van der Waals surface area contributed by atoms with Crippen LogP contribution in [0.1, 0.15) is 18.0 Å². The minimum atomic E-state index is -3.16. The molecule has 0 radical (unpaired) electrons. The van der Waals surface area contributed by atoms with E-state index >= 15 is 0 Å². The largest absolute Gasteiger partial charge is 0.363 e. The third-order valence-electron chi connectivity index (χ3n) is 3.34. The fourth-order valence-electron chi connectivity index (χ4n) is 2.41. The van der Waals surface area contributed by atoms with E-state index in [1.807, 2.05) is 24.3 Å². The maximum atomic E-state index is 12.1. The Bertz CT molecular complexity index is 746. The van der Waals surface area contributed by atoms with E-state index in [-0.39, 0.29) is 11.8 Å². The summed E-state index contributed by atoms with van der Waals surface area (Å²) in [6.45, 7) is 0. The number of aromatic nitrogens is 1. The molecule has 1 N–H and O–H groups in total. The standard InChI is InChI=1S/C14H13ClN2O2S/c15-13-6-3-7-14(17-13)16-11-8-9-20(18,19)12-5-2-1-4-10(11)12/h1-7,11H,8-9H2,(H,16,17). The van der Waals surface area contributed by atoms with Gasteiger partial charge in [-0.2, -0.15) is 0 Å². The first-order chi connectivity index (χ1) is 9.56. The van der Waals surface area contributed by atoms with Crippen molar-refractivity contribution in [3.8, 4) is 0 Å². The van der Waals surface area contributed by atoms with Gasteiger partial charge in [-0.1, -0.05) is 35.9 Å². The highest BCUT2D eigenvalue weighted by Gasteiger charge is 2.29. The van der Waals surface area contributed by atoms with Gasteiger partial charge in [0.15, 0.2) is 9.84 Å². The van der Waals surface area contributed by atoms with E-state index < -0.39 is 9.84 Å². The third kappa shape index (κ3) is 2.51. The number of anilines is 1. The van der Waals surface area contributed by atoms with Gasteiger partial charge in [0.05, 0.1) is 16.7 Å². The zero-order valence-corrected chi connectivity index (χ0v) is 12.2. The molecule has 0 spiro atoms. The highest BCUT2D eigenvalue weighted by molar-refractivity contribution is 7.91. The quantitative estimate of drug-likeness (QED) is 0.866. The number of nitrogens with one attached hydrogen (secondary N) is 1. The van der Waals surface area contributed by atoms with Crippen LogP contribution in [0.4, 0.5) is 5.82 Å². The lowest BCUT2D eigenvalue weighted by Gasteiger charge is -2.26. The molecule has 3 rings (SSSR count). The lowest BCUT2D eigenvalue weighted by atomic mass is 10.0. The van der Waals surface area contributed by atoms with Gasteiger partial charge >= 0.3 is 0 Å². The molecule has 1 atom stereocenters. The van der Waals surface area contributed by atoms with Gasteiger partial charge < -0.3 is 5.32 Å². The molecule has 104 valence electrons. The second kappa shape index (κ2) is 5.07. The number of benzene rings is 1. The SMILES string of the molecule is O=S1(=O)CCC(Nc2cccc(Cl)n2)c2ccccc21. The first-order valence-corrected chi connectivity index (χ1v) is 8.30. The molecule has 0 fully saturated rings. The van der Waals surface area contributed by atoms with Gasteiger partial charge in [-0.05, 0) is 30.2 Å². The molecule has 2 aromatic rings. The van der Waals surface area contributed by atoms with Crippen LogP contribution >= 0.6 is 11.6 Å². The molecule has 20 heavy (non-hydrogen) atoms. The summed E-state index contributed by atoms with van der Waals surface area (Å²) >= 11 is 5.86. The average Bonchev–Trinajstić information content (AvgIpc) is 2.43. The Hall–Kier alpha value is -1.59. The molecule has 2 heterocycles. The van der Waals surface area contributed by atoms with E-state index in [0.717, 1.165) is 5.56 Å². The van der Waals surface area contributed by atoms with Crippen LogP contribution in [0.2, 0.25) is 5.15 Å². The number of nitrogens with zero attached hydrogens (tertiary/aromatic N) is 1. The molecule has 0 saturated carbocycles. The minimum Gasteiger partial charge on any atom is -0.363 e. The summed E-state index contributed by atoms with van der Waals surface area (Å²) in [6.07, 6.45) is 0.521. The first-order valence-electron chi connectivity index (χ1n) is 6.27. The molecule has 0 amide bonds. The maximum absolute atomic E-state index is 12.1. The number of rotatable bonds is 2. The highest BCUT2D eigenvalue weighted by Crippen LogP contribution is 2.33. The van der Waals surface area contributed by atoms with Gasteiger partial charge in [0.25, 0.3) is 0 Å². The lowest BCUT2D eigenvalue weighted by molar-refractivity contribution is 0.576. The molecule has 1 unspecified atom stereocenters. The summed E-state index contributed by atoms with van der Waals surface area (Å²) in [5.74, 6) is 0.791. The predicted octanol–water partition coefficient (Wildman–Crippen LogP) is 3.07. The number of hydrogen-bond donors (Lipinski definition) is 1. The molecule has 1 aromatic carbocycles. The van der Waals surface area contributed by atoms with Crippen molar-refractivity contribution in [3.05, 3.63) is 53.2 Å². The van der Waals surface area contributed by atoms with Crippen molar-refractivity contribution < 1.29 is 8.42 Å². The van der Waals surface area contributed by atoms with Crippen LogP contribution in [-0.4, -0.2) is 19.2 Å². The van der Waals surface area contributed by atoms with Crippen molar-refractivity contribution in [3.63, 3.8) is 0 Å². The summed E-state index contributed by atoms with van der Waals surface area (Å²) in [5, 5.41) is 3.66. The second-order valence-electron chi connectivity index (χ2n) is 4.69. The van der Waals surface area contributed by atoms with Crippen LogP contribution in [-0.2, 0) is 9.84 Å². The van der Waals surface area contributed by atoms with Gasteiger partial charge in [0, 0.05) is 0 Å². The Kier molecular flexibility index (Phi) is 3.40. The molecular weight excluding hydrogens is 296 g/mol. The molecule has 0 aliphatic carbocycles. The zero-order valence-electron chi connectivity index (χ0n) is 10.6. The number of sulfone groups is 1. The Morgan fingerprint density at radius 2 is 1.95 bits per heavy atom. The van der Waals surface area contributed by atoms with E-state index in [4.69, 9.17) is 11.6 Å². The minimum absolute atomic E-state index is 0.0688. The predicted molar refractivity (Wildman–Crippen MR) is 78.7 cm³/mol. The summed E-state index contributed by atoms with van der Waals surface area (Å²) in [7, 11) is -3.16. The zero-order chi connectivity index (χ0) is 14.2. The van der Waals surface area contributed by atoms with E-state index in [2.05, 4.69) is 10.3 Å². The molecule has 1 aliphatic rings. The van der Waals surface area contributed by atoms with Crippen molar-refractivity contribution >= 4 is 27.3 Å². The summed E-state index contributed by atoms with van der Waals surface area (Å²) in [4.78, 5) is 4.59. The molecular formula is C14H13ClN2O2S. The molecule has 1 aromatic heterocycles. The summed E-state index contributed by atoms with van der Waals surface area (Å²) in [5.41, 5.74) is 0.792. The van der Waals surface area contributed by atoms with Gasteiger partial charge in [-0.15, -0.1) is 0 Å². The average molecular weight is 309 g/mol. The van der Waals surface area contributed by atoms with Gasteiger partial charge in [-0.25, -0.2) is 13.4 Å². The van der Waals surface area contributed by atoms with Crippen molar-refractivity contribution in [2.75, 3.05) is 11.1 Å². The Morgan fingerprint density at radius 3 is 2.75 bits per heavy atom. The van der Waals surface area contributed by atoms with Gasteiger partial charge in [-0.3, -0.25) is 0 Å². The van der Waals surface area contributed by atoms with E-state index in [0.29, 0.717) is 22.3 Å². The van der Waals surface area contributed by atoms with Crippen LogP contribution in [0.3, 0.4) is 0 Å². The number of hydrogen-bond acceptors (Lipinski definition) is 4. The summed E-state index contributed by atoms with van der Waals surface area (Å²) in [6, 6.07) is 12.3. The van der Waals surface area contributed by atoms with Crippen molar-refractivity contribution in [2.45, 2.75) is 17.4 Å². The Labute approximate surface area is 122 Å². The third-order valence-corrected chi connectivity index (χ3v) is 5.37. The molecule has 1 aliphatic heterocycles. The van der Waals surface area contributed by atoms with E-state index in [1.165, 1.54) is 0 Å². The molecule has 0 saturated heterocycles. The highest BCUT2D eigenvalue weighted by atomic mass is 35.5. The Morgan fingerprint density at radius 1 is 1.15 bits per heavy atom. The van der Waals surface area contributed by atoms with Crippen LogP contribution in [0.25, 0.3) is 0 Å². The van der Waals surface area contributed by atoms with Crippen LogP contribution < -0.4 is 5.32 Å². The summed E-state index contributed by atoms with van der Waals surface area (Å²) < 4.78 is 24.1. The monoisotopic (exact) mass is 308 g/mol. The fourth-order valence-corrected chi connectivity index (χ4v) is 4.19. The maximum Gasteiger partial charge on any atom is 0.178 e. The van der Waals surface area contributed by atoms with Crippen molar-refractivity contribution in [2.24, 2.45) is 0 Å². The molecule has 0 bridgehead atoms. The van der Waals surface area contributed by atoms with E-state index in [9.17, 15) is 8.42 Å². The van der Waals surface area contributed by atoms with Gasteiger partial charge in [0.1, 0.15) is 11.0 Å². The number of halogens is 1. The molecule has 4 nitrogen and oxygen atoms in total. The smallest absolute Gasteiger partial charge is 0.178 e. The molecule has 6 heteroatoms. The normalized spacial score (nSPS) is 20.1. The van der Waals surface area contributed by atoms with Crippen LogP contribution in [0, 0.1) is 0 Å². The fraction of sp³-hybridized carbons (Fsp3) is 0.214.